The molecule has 1 aromatic carbocycles. The molecular formula is C17H23N3O. The number of hydrogen-bond donors (Lipinski definition) is 1. The summed E-state index contributed by atoms with van der Waals surface area (Å²) in [5.41, 5.74) is 8.80. The highest BCUT2D eigenvalue weighted by Crippen LogP contribution is 2.32. The number of aromatic nitrogens is 2. The van der Waals surface area contributed by atoms with E-state index in [0.717, 1.165) is 22.7 Å². The van der Waals surface area contributed by atoms with Crippen LogP contribution in [0, 0.1) is 0 Å². The number of nitrogen functional groups attached to an aromatic ring is 1. The van der Waals surface area contributed by atoms with Gasteiger partial charge in [0.25, 0.3) is 0 Å². The van der Waals surface area contributed by atoms with Gasteiger partial charge >= 0.3 is 0 Å². The highest BCUT2D eigenvalue weighted by Gasteiger charge is 2.17. The number of hydrogen-bond acceptors (Lipinski definition) is 3. The second-order valence-electron chi connectivity index (χ2n) is 5.79. The molecule has 0 aliphatic heterocycles. The summed E-state index contributed by atoms with van der Waals surface area (Å²) < 4.78 is 7.36. The van der Waals surface area contributed by atoms with Gasteiger partial charge in [-0.2, -0.15) is 5.10 Å². The zero-order chi connectivity index (χ0) is 14.7. The van der Waals surface area contributed by atoms with Gasteiger partial charge in [0.15, 0.2) is 0 Å². The van der Waals surface area contributed by atoms with Crippen LogP contribution in [0.3, 0.4) is 0 Å². The molecule has 2 N–H and O–H groups in total. The van der Waals surface area contributed by atoms with Crippen LogP contribution >= 0.6 is 0 Å². The van der Waals surface area contributed by atoms with Crippen LogP contribution in [0.25, 0.3) is 11.3 Å². The minimum Gasteiger partial charge on any atom is -0.497 e. The van der Waals surface area contributed by atoms with Crippen molar-refractivity contribution in [3.63, 3.8) is 0 Å². The summed E-state index contributed by atoms with van der Waals surface area (Å²) in [7, 11) is 1.67. The lowest BCUT2D eigenvalue weighted by Gasteiger charge is -2.14. The third-order valence-electron chi connectivity index (χ3n) is 4.30. The van der Waals surface area contributed by atoms with E-state index in [-0.39, 0.29) is 0 Å². The average molecular weight is 285 g/mol. The van der Waals surface area contributed by atoms with E-state index in [4.69, 9.17) is 15.6 Å². The maximum atomic E-state index is 6.19. The molecular weight excluding hydrogens is 262 g/mol. The summed E-state index contributed by atoms with van der Waals surface area (Å²) in [5.74, 6) is 0.830. The van der Waals surface area contributed by atoms with Gasteiger partial charge in [-0.15, -0.1) is 0 Å². The van der Waals surface area contributed by atoms with E-state index in [1.165, 1.54) is 38.5 Å². The van der Waals surface area contributed by atoms with Crippen molar-refractivity contribution in [1.29, 1.82) is 0 Å². The second kappa shape index (κ2) is 6.20. The second-order valence-corrected chi connectivity index (χ2v) is 5.79. The molecule has 3 rings (SSSR count). The van der Waals surface area contributed by atoms with Gasteiger partial charge in [-0.05, 0) is 25.0 Å². The summed E-state index contributed by atoms with van der Waals surface area (Å²) >= 11 is 0. The van der Waals surface area contributed by atoms with Crippen molar-refractivity contribution in [3.8, 4) is 17.0 Å². The van der Waals surface area contributed by atoms with E-state index >= 15 is 0 Å². The van der Waals surface area contributed by atoms with Crippen molar-refractivity contribution in [2.75, 3.05) is 12.8 Å². The van der Waals surface area contributed by atoms with Gasteiger partial charge in [0.1, 0.15) is 11.4 Å². The number of benzene rings is 1. The predicted octanol–water partition coefficient (Wildman–Crippen LogP) is 4.04. The zero-order valence-electron chi connectivity index (χ0n) is 12.6. The molecule has 2 aromatic rings. The van der Waals surface area contributed by atoms with Crippen molar-refractivity contribution in [3.05, 3.63) is 30.5 Å². The molecule has 1 aliphatic rings. The third kappa shape index (κ3) is 3.04. The first kappa shape index (κ1) is 14.0. The molecule has 112 valence electrons. The average Bonchev–Trinajstić information content (AvgIpc) is 2.74. The van der Waals surface area contributed by atoms with E-state index in [2.05, 4.69) is 4.68 Å². The molecule has 1 aliphatic carbocycles. The Hall–Kier alpha value is -1.97. The Bertz CT molecular complexity index is 598. The van der Waals surface area contributed by atoms with Gasteiger partial charge in [0, 0.05) is 11.8 Å². The number of nitrogens with two attached hydrogens (primary N) is 1. The van der Waals surface area contributed by atoms with Crippen LogP contribution in [0.5, 0.6) is 5.75 Å². The molecule has 4 heteroatoms. The summed E-state index contributed by atoms with van der Waals surface area (Å²) in [5, 5.41) is 4.76. The van der Waals surface area contributed by atoms with Crippen LogP contribution in [0.1, 0.15) is 44.6 Å². The topological polar surface area (TPSA) is 53.1 Å². The fourth-order valence-electron chi connectivity index (χ4n) is 3.11. The van der Waals surface area contributed by atoms with Crippen molar-refractivity contribution < 1.29 is 4.74 Å². The van der Waals surface area contributed by atoms with Gasteiger partial charge in [-0.1, -0.05) is 37.8 Å². The fourth-order valence-corrected chi connectivity index (χ4v) is 3.11. The first-order chi connectivity index (χ1) is 10.3. The highest BCUT2D eigenvalue weighted by molar-refractivity contribution is 5.72. The van der Waals surface area contributed by atoms with E-state index in [1.54, 1.807) is 7.11 Å². The quantitative estimate of drug-likeness (QED) is 0.866. The van der Waals surface area contributed by atoms with Crippen molar-refractivity contribution in [2.24, 2.45) is 0 Å². The lowest BCUT2D eigenvalue weighted by atomic mass is 10.1. The molecule has 1 aromatic heterocycles. The first-order valence-corrected chi connectivity index (χ1v) is 7.77. The number of nitrogens with zero attached hydrogens (tertiary/aromatic N) is 2. The van der Waals surface area contributed by atoms with E-state index in [1.807, 2.05) is 30.5 Å². The Morgan fingerprint density at radius 3 is 2.67 bits per heavy atom. The maximum Gasteiger partial charge on any atom is 0.119 e. The van der Waals surface area contributed by atoms with Crippen molar-refractivity contribution in [2.45, 2.75) is 44.6 Å². The molecule has 0 saturated heterocycles. The number of rotatable bonds is 3. The Labute approximate surface area is 125 Å². The van der Waals surface area contributed by atoms with Crippen LogP contribution in [0.15, 0.2) is 30.5 Å². The Morgan fingerprint density at radius 1 is 1.19 bits per heavy atom. The zero-order valence-corrected chi connectivity index (χ0v) is 12.6. The first-order valence-electron chi connectivity index (χ1n) is 7.77. The SMILES string of the molecule is COc1cccc(-c2nn(C3CCCCCC3)cc2N)c1. The minimum absolute atomic E-state index is 0.495. The standard InChI is InChI=1S/C17H23N3O/c1-21-15-10-6-7-13(11-15)17-16(18)12-20(19-17)14-8-4-2-3-5-9-14/h6-7,10-12,14H,2-5,8-9,18H2,1H3. The van der Waals surface area contributed by atoms with Gasteiger partial charge in [0.2, 0.25) is 0 Å². The molecule has 1 heterocycles. The molecule has 0 bridgehead atoms. The monoisotopic (exact) mass is 285 g/mol. The summed E-state index contributed by atoms with van der Waals surface area (Å²) in [6.07, 6.45) is 9.67. The molecule has 1 fully saturated rings. The van der Waals surface area contributed by atoms with E-state index in [9.17, 15) is 0 Å². The molecule has 0 unspecified atom stereocenters. The van der Waals surface area contributed by atoms with E-state index in [0.29, 0.717) is 6.04 Å². The third-order valence-corrected chi connectivity index (χ3v) is 4.30. The largest absolute Gasteiger partial charge is 0.497 e. The Kier molecular flexibility index (Phi) is 4.13. The van der Waals surface area contributed by atoms with Crippen molar-refractivity contribution >= 4 is 5.69 Å². The van der Waals surface area contributed by atoms with Crippen LogP contribution < -0.4 is 10.5 Å². The molecule has 0 atom stereocenters. The van der Waals surface area contributed by atoms with Gasteiger partial charge in [-0.25, -0.2) is 0 Å². The van der Waals surface area contributed by atoms with Gasteiger partial charge in [-0.3, -0.25) is 4.68 Å². The highest BCUT2D eigenvalue weighted by atomic mass is 16.5. The predicted molar refractivity (Wildman–Crippen MR) is 85.4 cm³/mol. The molecule has 0 spiro atoms. The van der Waals surface area contributed by atoms with Crippen LogP contribution in [-0.4, -0.2) is 16.9 Å². The maximum absolute atomic E-state index is 6.19. The summed E-state index contributed by atoms with van der Waals surface area (Å²) in [6, 6.07) is 8.41. The Morgan fingerprint density at radius 2 is 1.95 bits per heavy atom. The van der Waals surface area contributed by atoms with Crippen LogP contribution in [0.2, 0.25) is 0 Å². The molecule has 1 saturated carbocycles. The van der Waals surface area contributed by atoms with Gasteiger partial charge in [0.05, 0.1) is 18.8 Å². The van der Waals surface area contributed by atoms with Crippen LogP contribution in [0.4, 0.5) is 5.69 Å². The lowest BCUT2D eigenvalue weighted by Crippen LogP contribution is -2.08. The molecule has 4 nitrogen and oxygen atoms in total. The summed E-state index contributed by atoms with van der Waals surface area (Å²) in [4.78, 5) is 0. The van der Waals surface area contributed by atoms with Gasteiger partial charge < -0.3 is 10.5 Å². The van der Waals surface area contributed by atoms with Crippen LogP contribution in [-0.2, 0) is 0 Å². The number of methoxy groups -OCH3 is 1. The van der Waals surface area contributed by atoms with Crippen molar-refractivity contribution in [1.82, 2.24) is 9.78 Å². The molecule has 0 amide bonds. The fraction of sp³-hybridized carbons (Fsp3) is 0.471. The molecule has 21 heavy (non-hydrogen) atoms. The smallest absolute Gasteiger partial charge is 0.119 e. The number of ether oxygens (including phenoxy) is 1. The number of anilines is 1. The minimum atomic E-state index is 0.495. The molecule has 0 radical (unpaired) electrons. The lowest BCUT2D eigenvalue weighted by molar-refractivity contribution is 0.406. The Balaban J connectivity index is 1.89. The normalized spacial score (nSPS) is 16.6. The van der Waals surface area contributed by atoms with E-state index < -0.39 is 0 Å². The summed E-state index contributed by atoms with van der Waals surface area (Å²) in [6.45, 7) is 0.